The fraction of sp³-hybridized carbons (Fsp3) is 0.467. The number of allylic oxidation sites excluding steroid dienone is 1. The molecule has 0 heterocycles. The fourth-order valence-electron chi connectivity index (χ4n) is 1.93. The molecule has 1 atom stereocenters. The fourth-order valence-corrected chi connectivity index (χ4v) is 2.57. The molecule has 0 radical (unpaired) electrons. The standard InChI is InChI=1S/C15H23NO3S/c1-4-5-6-11-16(2)12-15(17)13-7-9-14(10-8-13)20(3,18)19/h4,7-10,15,17H,1,5-6,11-12H2,2-3H3. The first-order chi connectivity index (χ1) is 9.34. The molecule has 112 valence electrons. The molecule has 1 N–H and O–H groups in total. The molecule has 0 aliphatic carbocycles. The van der Waals surface area contributed by atoms with E-state index in [1.54, 1.807) is 12.1 Å². The summed E-state index contributed by atoms with van der Waals surface area (Å²) >= 11 is 0. The first-order valence-electron chi connectivity index (χ1n) is 6.62. The van der Waals surface area contributed by atoms with Gasteiger partial charge in [-0.3, -0.25) is 0 Å². The predicted molar refractivity (Wildman–Crippen MR) is 81.4 cm³/mol. The van der Waals surface area contributed by atoms with Crippen molar-refractivity contribution in [2.45, 2.75) is 23.8 Å². The third-order valence-corrected chi connectivity index (χ3v) is 4.25. The lowest BCUT2D eigenvalue weighted by Crippen LogP contribution is -2.25. The van der Waals surface area contributed by atoms with Crippen molar-refractivity contribution < 1.29 is 13.5 Å². The Morgan fingerprint density at radius 1 is 1.35 bits per heavy atom. The van der Waals surface area contributed by atoms with Crippen LogP contribution in [0.25, 0.3) is 0 Å². The maximum Gasteiger partial charge on any atom is 0.175 e. The summed E-state index contributed by atoms with van der Waals surface area (Å²) in [5, 5.41) is 10.1. The third kappa shape index (κ3) is 5.45. The van der Waals surface area contributed by atoms with E-state index in [2.05, 4.69) is 11.5 Å². The molecule has 1 aromatic carbocycles. The Kier molecular flexibility index (Phi) is 6.39. The summed E-state index contributed by atoms with van der Waals surface area (Å²) < 4.78 is 22.7. The van der Waals surface area contributed by atoms with E-state index >= 15 is 0 Å². The highest BCUT2D eigenvalue weighted by Gasteiger charge is 2.12. The largest absolute Gasteiger partial charge is 0.387 e. The van der Waals surface area contributed by atoms with Crippen LogP contribution in [-0.4, -0.2) is 44.8 Å². The number of sulfone groups is 1. The lowest BCUT2D eigenvalue weighted by Gasteiger charge is -2.20. The number of hydrogen-bond acceptors (Lipinski definition) is 4. The molecule has 0 spiro atoms. The van der Waals surface area contributed by atoms with Gasteiger partial charge in [0.05, 0.1) is 11.0 Å². The summed E-state index contributed by atoms with van der Waals surface area (Å²) in [4.78, 5) is 2.33. The van der Waals surface area contributed by atoms with E-state index in [9.17, 15) is 13.5 Å². The number of aliphatic hydroxyl groups excluding tert-OH is 1. The van der Waals surface area contributed by atoms with Crippen LogP contribution >= 0.6 is 0 Å². The van der Waals surface area contributed by atoms with Crippen LogP contribution in [-0.2, 0) is 9.84 Å². The molecule has 0 aliphatic heterocycles. The number of hydrogen-bond donors (Lipinski definition) is 1. The minimum Gasteiger partial charge on any atom is -0.387 e. The van der Waals surface area contributed by atoms with E-state index in [-0.39, 0.29) is 4.90 Å². The summed E-state index contributed by atoms with van der Waals surface area (Å²) in [7, 11) is -1.23. The van der Waals surface area contributed by atoms with Gasteiger partial charge in [-0.1, -0.05) is 18.2 Å². The molecule has 0 bridgehead atoms. The highest BCUT2D eigenvalue weighted by molar-refractivity contribution is 7.90. The molecule has 0 amide bonds. The first-order valence-corrected chi connectivity index (χ1v) is 8.51. The number of likely N-dealkylation sites (N-methyl/N-ethyl adjacent to an activating group) is 1. The summed E-state index contributed by atoms with van der Waals surface area (Å²) in [6, 6.07) is 6.40. The number of nitrogens with zero attached hydrogens (tertiary/aromatic N) is 1. The van der Waals surface area contributed by atoms with Crippen molar-refractivity contribution >= 4 is 9.84 Å². The molecule has 0 saturated carbocycles. The number of unbranched alkanes of at least 4 members (excludes halogenated alkanes) is 1. The second-order valence-corrected chi connectivity index (χ2v) is 7.07. The van der Waals surface area contributed by atoms with Crippen LogP contribution in [0.4, 0.5) is 0 Å². The minimum absolute atomic E-state index is 0.271. The summed E-state index contributed by atoms with van der Waals surface area (Å²) in [5.41, 5.74) is 0.730. The van der Waals surface area contributed by atoms with Crippen LogP contribution in [0.3, 0.4) is 0 Å². The van der Waals surface area contributed by atoms with Crippen LogP contribution in [0.5, 0.6) is 0 Å². The highest BCUT2D eigenvalue weighted by atomic mass is 32.2. The van der Waals surface area contributed by atoms with Crippen LogP contribution < -0.4 is 0 Å². The van der Waals surface area contributed by atoms with Gasteiger partial charge < -0.3 is 10.0 Å². The third-order valence-electron chi connectivity index (χ3n) is 3.13. The van der Waals surface area contributed by atoms with Crippen LogP contribution in [0.15, 0.2) is 41.8 Å². The van der Waals surface area contributed by atoms with Gasteiger partial charge in [0, 0.05) is 12.8 Å². The van der Waals surface area contributed by atoms with E-state index in [0.29, 0.717) is 6.54 Å². The Bertz CT molecular complexity index is 523. The Hall–Kier alpha value is -1.17. The smallest absolute Gasteiger partial charge is 0.175 e. The van der Waals surface area contributed by atoms with Gasteiger partial charge in [-0.15, -0.1) is 6.58 Å². The van der Waals surface area contributed by atoms with E-state index < -0.39 is 15.9 Å². The Morgan fingerprint density at radius 3 is 2.45 bits per heavy atom. The average Bonchev–Trinajstić information content (AvgIpc) is 2.38. The van der Waals surface area contributed by atoms with Crippen molar-refractivity contribution in [2.24, 2.45) is 0 Å². The zero-order valence-electron chi connectivity index (χ0n) is 12.1. The number of aliphatic hydroxyl groups is 1. The molecule has 1 unspecified atom stereocenters. The lowest BCUT2D eigenvalue weighted by atomic mass is 10.1. The second kappa shape index (κ2) is 7.57. The Labute approximate surface area is 121 Å². The Morgan fingerprint density at radius 2 is 1.95 bits per heavy atom. The lowest BCUT2D eigenvalue weighted by molar-refractivity contribution is 0.126. The Balaban J connectivity index is 2.59. The second-order valence-electron chi connectivity index (χ2n) is 5.05. The molecule has 0 saturated heterocycles. The van der Waals surface area contributed by atoms with Gasteiger partial charge in [0.25, 0.3) is 0 Å². The van der Waals surface area contributed by atoms with Crippen LogP contribution in [0.1, 0.15) is 24.5 Å². The molecule has 1 rings (SSSR count). The molecule has 5 heteroatoms. The van der Waals surface area contributed by atoms with Gasteiger partial charge in [0.2, 0.25) is 0 Å². The maximum atomic E-state index is 11.4. The van der Waals surface area contributed by atoms with E-state index in [0.717, 1.165) is 24.9 Å². The van der Waals surface area contributed by atoms with Crippen molar-refractivity contribution in [2.75, 3.05) is 26.4 Å². The quantitative estimate of drug-likeness (QED) is 0.589. The summed E-state index contributed by atoms with van der Waals surface area (Å²) in [6.07, 6.45) is 4.42. The van der Waals surface area contributed by atoms with Gasteiger partial charge in [-0.05, 0) is 44.1 Å². The van der Waals surface area contributed by atoms with Crippen LogP contribution in [0.2, 0.25) is 0 Å². The molecule has 0 aromatic heterocycles. The summed E-state index contributed by atoms with van der Waals surface area (Å²) in [6.45, 7) is 5.09. The highest BCUT2D eigenvalue weighted by Crippen LogP contribution is 2.17. The van der Waals surface area contributed by atoms with Crippen molar-refractivity contribution in [3.8, 4) is 0 Å². The molecule has 4 nitrogen and oxygen atoms in total. The molecule has 0 fully saturated rings. The van der Waals surface area contributed by atoms with Gasteiger partial charge in [-0.2, -0.15) is 0 Å². The van der Waals surface area contributed by atoms with Gasteiger partial charge in [0.15, 0.2) is 9.84 Å². The van der Waals surface area contributed by atoms with Gasteiger partial charge >= 0.3 is 0 Å². The average molecular weight is 297 g/mol. The minimum atomic E-state index is -3.18. The number of benzene rings is 1. The topological polar surface area (TPSA) is 57.6 Å². The number of rotatable bonds is 8. The zero-order chi connectivity index (χ0) is 15.2. The molecular weight excluding hydrogens is 274 g/mol. The maximum absolute atomic E-state index is 11.4. The molecular formula is C15H23NO3S. The van der Waals surface area contributed by atoms with Crippen molar-refractivity contribution in [1.29, 1.82) is 0 Å². The van der Waals surface area contributed by atoms with Crippen molar-refractivity contribution in [1.82, 2.24) is 4.90 Å². The van der Waals surface area contributed by atoms with E-state index in [4.69, 9.17) is 0 Å². The molecule has 1 aromatic rings. The van der Waals surface area contributed by atoms with Crippen LogP contribution in [0, 0.1) is 0 Å². The van der Waals surface area contributed by atoms with Crippen molar-refractivity contribution in [3.05, 3.63) is 42.5 Å². The first kappa shape index (κ1) is 16.9. The normalized spacial score (nSPS) is 13.4. The predicted octanol–water partition coefficient (Wildman–Crippen LogP) is 2.02. The molecule has 0 aliphatic rings. The SMILES string of the molecule is C=CCCCN(C)CC(O)c1ccc(S(C)(=O)=O)cc1. The molecule has 20 heavy (non-hydrogen) atoms. The van der Waals surface area contributed by atoms with Gasteiger partial charge in [0.1, 0.15) is 0 Å². The zero-order valence-corrected chi connectivity index (χ0v) is 12.9. The monoisotopic (exact) mass is 297 g/mol. The van der Waals surface area contributed by atoms with Gasteiger partial charge in [-0.25, -0.2) is 8.42 Å². The summed E-state index contributed by atoms with van der Waals surface area (Å²) in [5.74, 6) is 0. The van der Waals surface area contributed by atoms with Crippen molar-refractivity contribution in [3.63, 3.8) is 0 Å². The van der Waals surface area contributed by atoms with E-state index in [1.807, 2.05) is 13.1 Å². The van der Waals surface area contributed by atoms with E-state index in [1.165, 1.54) is 18.4 Å².